The number of nitriles is 1. The van der Waals surface area contributed by atoms with Gasteiger partial charge in [0.05, 0.1) is 17.1 Å². The molecule has 0 unspecified atom stereocenters. The number of rotatable bonds is 5. The predicted molar refractivity (Wildman–Crippen MR) is 95.1 cm³/mol. The molecule has 2 heteroatoms. The van der Waals surface area contributed by atoms with Gasteiger partial charge in [0.2, 0.25) is 0 Å². The van der Waals surface area contributed by atoms with Gasteiger partial charge in [-0.25, -0.2) is 0 Å². The summed E-state index contributed by atoms with van der Waals surface area (Å²) in [4.78, 5) is 4.48. The van der Waals surface area contributed by atoms with E-state index in [0.29, 0.717) is 5.56 Å². The third-order valence-corrected chi connectivity index (χ3v) is 4.18. The van der Waals surface area contributed by atoms with Crippen LogP contribution < -0.4 is 0 Å². The van der Waals surface area contributed by atoms with Crippen molar-refractivity contribution < 1.29 is 0 Å². The summed E-state index contributed by atoms with van der Waals surface area (Å²) in [5.74, 6) is 0. The summed E-state index contributed by atoms with van der Waals surface area (Å²) in [5.41, 5.74) is 5.26. The molecule has 0 aliphatic heterocycles. The van der Waals surface area contributed by atoms with Crippen LogP contribution in [-0.2, 0) is 6.42 Å². The lowest BCUT2D eigenvalue weighted by Gasteiger charge is -2.09. The van der Waals surface area contributed by atoms with Gasteiger partial charge >= 0.3 is 0 Å². The highest BCUT2D eigenvalue weighted by atomic mass is 14.6. The Morgan fingerprint density at radius 3 is 2.78 bits per heavy atom. The Labute approximate surface area is 137 Å². The lowest BCUT2D eigenvalue weighted by atomic mass is 9.97. The van der Waals surface area contributed by atoms with Gasteiger partial charge in [-0.05, 0) is 59.9 Å². The van der Waals surface area contributed by atoms with Crippen LogP contribution in [0.3, 0.4) is 0 Å². The SMILES string of the molecule is CCCCCc1ccc2nccc(-c3cccc(C#N)c3)c2c1. The van der Waals surface area contributed by atoms with Crippen LogP contribution in [0.25, 0.3) is 22.0 Å². The second-order valence-electron chi connectivity index (χ2n) is 5.86. The summed E-state index contributed by atoms with van der Waals surface area (Å²) in [6, 6.07) is 18.6. The van der Waals surface area contributed by atoms with Gasteiger partial charge in [0.15, 0.2) is 0 Å². The molecule has 0 aliphatic rings. The highest BCUT2D eigenvalue weighted by Crippen LogP contribution is 2.29. The fraction of sp³-hybridized carbons (Fsp3) is 0.238. The van der Waals surface area contributed by atoms with Crippen LogP contribution >= 0.6 is 0 Å². The fourth-order valence-electron chi connectivity index (χ4n) is 2.94. The number of hydrogen-bond acceptors (Lipinski definition) is 2. The number of aromatic nitrogens is 1. The molecule has 0 saturated carbocycles. The molecule has 3 aromatic rings. The Balaban J connectivity index is 2.05. The molecule has 114 valence electrons. The molecule has 0 fully saturated rings. The molecular formula is C21H20N2. The monoisotopic (exact) mass is 300 g/mol. The summed E-state index contributed by atoms with van der Waals surface area (Å²) in [7, 11) is 0. The van der Waals surface area contributed by atoms with Crippen LogP contribution in [0.15, 0.2) is 54.7 Å². The maximum Gasteiger partial charge on any atom is 0.0991 e. The van der Waals surface area contributed by atoms with Gasteiger partial charge in [0, 0.05) is 11.6 Å². The van der Waals surface area contributed by atoms with Gasteiger partial charge in [-0.1, -0.05) is 38.0 Å². The average Bonchev–Trinajstić information content (AvgIpc) is 2.61. The van der Waals surface area contributed by atoms with Crippen LogP contribution in [0.5, 0.6) is 0 Å². The molecule has 0 aliphatic carbocycles. The Kier molecular flexibility index (Phi) is 4.68. The van der Waals surface area contributed by atoms with Gasteiger partial charge < -0.3 is 0 Å². The Bertz CT molecular complexity index is 859. The van der Waals surface area contributed by atoms with E-state index in [1.54, 1.807) is 0 Å². The van der Waals surface area contributed by atoms with E-state index < -0.39 is 0 Å². The van der Waals surface area contributed by atoms with E-state index in [0.717, 1.165) is 28.5 Å². The van der Waals surface area contributed by atoms with Crippen molar-refractivity contribution in [2.75, 3.05) is 0 Å². The second-order valence-corrected chi connectivity index (χ2v) is 5.86. The summed E-state index contributed by atoms with van der Waals surface area (Å²) >= 11 is 0. The zero-order valence-electron chi connectivity index (χ0n) is 13.4. The molecule has 0 spiro atoms. The van der Waals surface area contributed by atoms with Gasteiger partial charge in [0.25, 0.3) is 0 Å². The minimum atomic E-state index is 0.687. The molecule has 0 N–H and O–H groups in total. The molecule has 23 heavy (non-hydrogen) atoms. The highest BCUT2D eigenvalue weighted by molar-refractivity contribution is 5.94. The molecule has 3 rings (SSSR count). The van der Waals surface area contributed by atoms with Crippen molar-refractivity contribution >= 4 is 10.9 Å². The number of unbranched alkanes of at least 4 members (excludes halogenated alkanes) is 2. The van der Waals surface area contributed by atoms with E-state index >= 15 is 0 Å². The first-order chi connectivity index (χ1) is 11.3. The minimum absolute atomic E-state index is 0.687. The van der Waals surface area contributed by atoms with Crippen LogP contribution in [-0.4, -0.2) is 4.98 Å². The van der Waals surface area contributed by atoms with Crippen molar-refractivity contribution in [2.45, 2.75) is 32.6 Å². The molecule has 0 saturated heterocycles. The van der Waals surface area contributed by atoms with Gasteiger partial charge in [0.1, 0.15) is 0 Å². The highest BCUT2D eigenvalue weighted by Gasteiger charge is 2.06. The van der Waals surface area contributed by atoms with E-state index in [2.05, 4.69) is 42.2 Å². The van der Waals surface area contributed by atoms with Gasteiger partial charge in [-0.15, -0.1) is 0 Å². The molecular weight excluding hydrogens is 280 g/mol. The molecule has 2 aromatic carbocycles. The average molecular weight is 300 g/mol. The maximum atomic E-state index is 9.12. The maximum absolute atomic E-state index is 9.12. The minimum Gasteiger partial charge on any atom is -0.256 e. The van der Waals surface area contributed by atoms with Crippen molar-refractivity contribution in [3.8, 4) is 17.2 Å². The largest absolute Gasteiger partial charge is 0.256 e. The van der Waals surface area contributed by atoms with E-state index in [4.69, 9.17) is 5.26 Å². The lowest BCUT2D eigenvalue weighted by Crippen LogP contribution is -1.90. The van der Waals surface area contributed by atoms with Crippen molar-refractivity contribution in [1.82, 2.24) is 4.98 Å². The second kappa shape index (κ2) is 7.07. The number of benzene rings is 2. The van der Waals surface area contributed by atoms with Crippen molar-refractivity contribution in [3.05, 3.63) is 65.9 Å². The van der Waals surface area contributed by atoms with E-state index in [1.165, 1.54) is 24.8 Å². The number of pyridine rings is 1. The molecule has 0 atom stereocenters. The van der Waals surface area contributed by atoms with Gasteiger partial charge in [-0.3, -0.25) is 4.98 Å². The normalized spacial score (nSPS) is 10.6. The molecule has 0 amide bonds. The van der Waals surface area contributed by atoms with Crippen molar-refractivity contribution in [1.29, 1.82) is 5.26 Å². The van der Waals surface area contributed by atoms with Crippen molar-refractivity contribution in [2.24, 2.45) is 0 Å². The first-order valence-electron chi connectivity index (χ1n) is 8.20. The van der Waals surface area contributed by atoms with Crippen molar-refractivity contribution in [3.63, 3.8) is 0 Å². The number of hydrogen-bond donors (Lipinski definition) is 0. The molecule has 1 heterocycles. The van der Waals surface area contributed by atoms with Gasteiger partial charge in [-0.2, -0.15) is 5.26 Å². The molecule has 1 aromatic heterocycles. The third-order valence-electron chi connectivity index (χ3n) is 4.18. The summed E-state index contributed by atoms with van der Waals surface area (Å²) in [6.07, 6.45) is 6.68. The third kappa shape index (κ3) is 3.40. The topological polar surface area (TPSA) is 36.7 Å². The van der Waals surface area contributed by atoms with Crippen LogP contribution in [0, 0.1) is 11.3 Å². The molecule has 0 bridgehead atoms. The predicted octanol–water partition coefficient (Wildman–Crippen LogP) is 5.51. The molecule has 2 nitrogen and oxygen atoms in total. The zero-order valence-corrected chi connectivity index (χ0v) is 13.4. The van der Waals surface area contributed by atoms with E-state index in [-0.39, 0.29) is 0 Å². The fourth-order valence-corrected chi connectivity index (χ4v) is 2.94. The Morgan fingerprint density at radius 1 is 1.04 bits per heavy atom. The molecule has 0 radical (unpaired) electrons. The van der Waals surface area contributed by atoms with Crippen LogP contribution in [0.2, 0.25) is 0 Å². The number of fused-ring (bicyclic) bond motifs is 1. The smallest absolute Gasteiger partial charge is 0.0991 e. The zero-order chi connectivity index (χ0) is 16.1. The summed E-state index contributed by atoms with van der Waals surface area (Å²) in [5, 5.41) is 10.3. The van der Waals surface area contributed by atoms with E-state index in [1.807, 2.05) is 30.5 Å². The lowest BCUT2D eigenvalue weighted by molar-refractivity contribution is 0.718. The summed E-state index contributed by atoms with van der Waals surface area (Å²) < 4.78 is 0. The number of nitrogens with zero attached hydrogens (tertiary/aromatic N) is 2. The first kappa shape index (κ1) is 15.2. The van der Waals surface area contributed by atoms with Crippen LogP contribution in [0.4, 0.5) is 0 Å². The number of aryl methyl sites for hydroxylation is 1. The summed E-state index contributed by atoms with van der Waals surface area (Å²) in [6.45, 7) is 2.23. The first-order valence-corrected chi connectivity index (χ1v) is 8.20. The Morgan fingerprint density at radius 2 is 1.96 bits per heavy atom. The van der Waals surface area contributed by atoms with E-state index in [9.17, 15) is 0 Å². The van der Waals surface area contributed by atoms with Crippen LogP contribution in [0.1, 0.15) is 37.3 Å². The Hall–Kier alpha value is -2.66. The quantitative estimate of drug-likeness (QED) is 0.583. The standard InChI is InChI=1S/C21H20N2/c1-2-3-4-6-16-9-10-21-20(14-16)19(11-12-23-21)18-8-5-7-17(13-18)15-22/h5,7-14H,2-4,6H2,1H3.